The van der Waals surface area contributed by atoms with E-state index in [4.69, 9.17) is 4.98 Å². The molecule has 3 aromatic heterocycles. The second-order valence-corrected chi connectivity index (χ2v) is 11.6. The van der Waals surface area contributed by atoms with E-state index in [1.807, 2.05) is 43.8 Å². The van der Waals surface area contributed by atoms with Gasteiger partial charge in [0.05, 0.1) is 42.0 Å². The fourth-order valence-corrected chi connectivity index (χ4v) is 4.83. The van der Waals surface area contributed by atoms with Gasteiger partial charge in [-0.15, -0.1) is 5.10 Å². The van der Waals surface area contributed by atoms with Crippen molar-refractivity contribution in [2.24, 2.45) is 0 Å². The van der Waals surface area contributed by atoms with Gasteiger partial charge in [-0.05, 0) is 64.3 Å². The van der Waals surface area contributed by atoms with Crippen LogP contribution in [-0.4, -0.2) is 70.4 Å². The van der Waals surface area contributed by atoms with E-state index in [2.05, 4.69) is 61.9 Å². The maximum absolute atomic E-state index is 13.2. The third-order valence-corrected chi connectivity index (χ3v) is 7.12. The molecule has 1 aliphatic rings. The van der Waals surface area contributed by atoms with Crippen molar-refractivity contribution in [3.63, 3.8) is 0 Å². The van der Waals surface area contributed by atoms with Crippen molar-refractivity contribution in [1.82, 2.24) is 45.0 Å². The van der Waals surface area contributed by atoms with Crippen molar-refractivity contribution < 1.29 is 9.90 Å². The molecule has 3 N–H and O–H groups in total. The number of hydrogen-bond acceptors (Lipinski definition) is 9. The highest BCUT2D eigenvalue weighted by molar-refractivity contribution is 5.92. The van der Waals surface area contributed by atoms with Crippen LogP contribution in [0.3, 0.4) is 0 Å². The Kier molecular flexibility index (Phi) is 8.13. The summed E-state index contributed by atoms with van der Waals surface area (Å²) in [5.41, 5.74) is 4.67. The average Bonchev–Trinajstić information content (AvgIpc) is 3.59. The topological polar surface area (TPSA) is 139 Å². The molecule has 0 radical (unpaired) electrons. The summed E-state index contributed by atoms with van der Waals surface area (Å²) < 4.78 is 3.57. The minimum atomic E-state index is -0.270. The van der Waals surface area contributed by atoms with Crippen molar-refractivity contribution >= 4 is 17.5 Å². The molecule has 1 amide bonds. The minimum absolute atomic E-state index is 0.0658. The van der Waals surface area contributed by atoms with Crippen LogP contribution in [0.25, 0.3) is 11.3 Å². The molecule has 1 atom stereocenters. The monoisotopic (exact) mass is 558 g/mol. The lowest BCUT2D eigenvalue weighted by atomic mass is 9.96. The minimum Gasteiger partial charge on any atom is -0.395 e. The maximum atomic E-state index is 13.2. The van der Waals surface area contributed by atoms with Gasteiger partial charge in [-0.1, -0.05) is 17.3 Å². The molecule has 1 aliphatic heterocycles. The largest absolute Gasteiger partial charge is 0.395 e. The fraction of sp³-hybridized carbons (Fsp3) is 0.448. The van der Waals surface area contributed by atoms with Gasteiger partial charge in [0.2, 0.25) is 5.95 Å². The van der Waals surface area contributed by atoms with Gasteiger partial charge in [0.25, 0.3) is 5.91 Å². The van der Waals surface area contributed by atoms with Gasteiger partial charge in [0.1, 0.15) is 0 Å². The van der Waals surface area contributed by atoms with Gasteiger partial charge in [-0.2, -0.15) is 5.10 Å². The third kappa shape index (κ3) is 6.60. The molecule has 0 unspecified atom stereocenters. The second-order valence-electron chi connectivity index (χ2n) is 11.6. The number of amides is 1. The molecule has 216 valence electrons. The second kappa shape index (κ2) is 11.8. The molecule has 4 aromatic rings. The van der Waals surface area contributed by atoms with E-state index in [1.54, 1.807) is 23.3 Å². The Morgan fingerprint density at radius 2 is 2.02 bits per heavy atom. The van der Waals surface area contributed by atoms with Crippen molar-refractivity contribution in [2.45, 2.75) is 65.2 Å². The van der Waals surface area contributed by atoms with Gasteiger partial charge in [-0.3, -0.25) is 14.4 Å². The predicted molar refractivity (Wildman–Crippen MR) is 156 cm³/mol. The number of nitrogens with one attached hydrogen (secondary N) is 2. The number of rotatable bonds is 8. The van der Waals surface area contributed by atoms with E-state index in [1.165, 1.54) is 0 Å². The predicted octanol–water partition coefficient (Wildman–Crippen LogP) is 3.68. The van der Waals surface area contributed by atoms with Crippen LogP contribution in [0.5, 0.6) is 0 Å². The molecule has 0 aliphatic carbocycles. The van der Waals surface area contributed by atoms with Crippen LogP contribution in [0.2, 0.25) is 0 Å². The molecule has 41 heavy (non-hydrogen) atoms. The normalized spacial score (nSPS) is 15.9. The first-order valence-corrected chi connectivity index (χ1v) is 13.9. The molecule has 0 saturated carbocycles. The highest BCUT2D eigenvalue weighted by Gasteiger charge is 2.26. The lowest BCUT2D eigenvalue weighted by Crippen LogP contribution is -2.31. The molecule has 4 heterocycles. The van der Waals surface area contributed by atoms with Gasteiger partial charge in [-0.25, -0.2) is 14.6 Å². The Bertz CT molecular complexity index is 1500. The van der Waals surface area contributed by atoms with Crippen LogP contribution in [0.1, 0.15) is 74.7 Å². The van der Waals surface area contributed by atoms with Crippen molar-refractivity contribution in [3.05, 3.63) is 65.9 Å². The standard InChI is InChI=1S/C29H38N10O2/c1-19(2)38-17-22(15-31-38)32-28-30-10-8-24(34-28)20-6-7-23-21(14-20)16-37(12-13-40)11-9-25(23)33-27(41)26-18-39(36-35-26)29(3,4)5/h6-8,10,14-15,17-19,25,40H,9,11-13,16H2,1-5H3,(H,33,41)(H,30,32,34)/t25-/m0/s1. The summed E-state index contributed by atoms with van der Waals surface area (Å²) in [6.45, 7) is 12.2. The van der Waals surface area contributed by atoms with Crippen molar-refractivity contribution in [3.8, 4) is 11.3 Å². The highest BCUT2D eigenvalue weighted by atomic mass is 16.3. The number of carbonyl (C=O) groups is 1. The maximum Gasteiger partial charge on any atom is 0.273 e. The summed E-state index contributed by atoms with van der Waals surface area (Å²) in [6, 6.07) is 8.13. The van der Waals surface area contributed by atoms with Gasteiger partial charge in [0.15, 0.2) is 5.69 Å². The molecule has 12 heteroatoms. The average molecular weight is 559 g/mol. The van der Waals surface area contributed by atoms with Crippen LogP contribution in [0.15, 0.2) is 49.1 Å². The Balaban J connectivity index is 1.40. The van der Waals surface area contributed by atoms with E-state index < -0.39 is 0 Å². The summed E-state index contributed by atoms with van der Waals surface area (Å²) in [6.07, 6.45) is 7.80. The number of aliphatic hydroxyl groups excluding tert-OH is 1. The quantitative estimate of drug-likeness (QED) is 0.295. The molecule has 12 nitrogen and oxygen atoms in total. The number of benzene rings is 1. The van der Waals surface area contributed by atoms with Crippen LogP contribution < -0.4 is 10.6 Å². The number of hydrogen-bond donors (Lipinski definition) is 3. The molecule has 0 spiro atoms. The van der Waals surface area contributed by atoms with Gasteiger partial charge in [0, 0.05) is 43.6 Å². The van der Waals surface area contributed by atoms with Crippen molar-refractivity contribution in [1.29, 1.82) is 0 Å². The zero-order valence-corrected chi connectivity index (χ0v) is 24.2. The molecular formula is C29H38N10O2. The zero-order valence-electron chi connectivity index (χ0n) is 24.2. The highest BCUT2D eigenvalue weighted by Crippen LogP contribution is 2.31. The molecule has 0 saturated heterocycles. The first kappa shape index (κ1) is 28.4. The number of nitrogens with zero attached hydrogens (tertiary/aromatic N) is 8. The summed E-state index contributed by atoms with van der Waals surface area (Å²) in [4.78, 5) is 24.5. The van der Waals surface area contributed by atoms with E-state index in [-0.39, 0.29) is 35.8 Å². The summed E-state index contributed by atoms with van der Waals surface area (Å²) in [5.74, 6) is 0.222. The molecular weight excluding hydrogens is 520 g/mol. The number of aliphatic hydroxyl groups is 1. The molecule has 5 rings (SSSR count). The summed E-state index contributed by atoms with van der Waals surface area (Å²) in [7, 11) is 0. The summed E-state index contributed by atoms with van der Waals surface area (Å²) >= 11 is 0. The Labute approximate surface area is 239 Å². The first-order valence-electron chi connectivity index (χ1n) is 13.9. The van der Waals surface area contributed by atoms with Crippen LogP contribution >= 0.6 is 0 Å². The zero-order chi connectivity index (χ0) is 29.1. The van der Waals surface area contributed by atoms with E-state index in [9.17, 15) is 9.90 Å². The van der Waals surface area contributed by atoms with Crippen molar-refractivity contribution in [2.75, 3.05) is 25.0 Å². The smallest absolute Gasteiger partial charge is 0.273 e. The lowest BCUT2D eigenvalue weighted by molar-refractivity contribution is 0.0926. The number of fused-ring (bicyclic) bond motifs is 1. The fourth-order valence-electron chi connectivity index (χ4n) is 4.83. The Morgan fingerprint density at radius 1 is 1.20 bits per heavy atom. The lowest BCUT2D eigenvalue weighted by Gasteiger charge is -2.19. The van der Waals surface area contributed by atoms with Crippen LogP contribution in [0, 0.1) is 0 Å². The number of anilines is 2. The Hall–Kier alpha value is -4.16. The van der Waals surface area contributed by atoms with E-state index in [0.29, 0.717) is 25.5 Å². The molecule has 0 fully saturated rings. The SMILES string of the molecule is CC(C)n1cc(Nc2nccc(-c3ccc4c(c3)CN(CCO)CC[C@@H]4NC(=O)c3cn(C(C)(C)C)nn3)n2)cn1. The number of carbonyl (C=O) groups excluding carboxylic acids is 1. The van der Waals surface area contributed by atoms with E-state index >= 15 is 0 Å². The Morgan fingerprint density at radius 3 is 2.73 bits per heavy atom. The van der Waals surface area contributed by atoms with Crippen LogP contribution in [0.4, 0.5) is 11.6 Å². The number of aromatic nitrogens is 7. The number of β-amino-alcohol motifs (C(OH)–C–C–N with tert-alkyl or cyclic N) is 1. The molecule has 1 aromatic carbocycles. The summed E-state index contributed by atoms with van der Waals surface area (Å²) in [5, 5.41) is 28.7. The molecule has 0 bridgehead atoms. The van der Waals surface area contributed by atoms with Gasteiger partial charge < -0.3 is 15.7 Å². The van der Waals surface area contributed by atoms with E-state index in [0.717, 1.165) is 34.6 Å². The first-order chi connectivity index (χ1) is 19.6. The third-order valence-electron chi connectivity index (χ3n) is 7.12. The van der Waals surface area contributed by atoms with Crippen LogP contribution in [-0.2, 0) is 12.1 Å². The van der Waals surface area contributed by atoms with Gasteiger partial charge >= 0.3 is 0 Å².